The molecule has 28 heavy (non-hydrogen) atoms. The predicted octanol–water partition coefficient (Wildman–Crippen LogP) is 3.05. The Hall–Kier alpha value is -2.81. The highest BCUT2D eigenvalue weighted by Crippen LogP contribution is 2.30. The summed E-state index contributed by atoms with van der Waals surface area (Å²) >= 11 is 5.95. The summed E-state index contributed by atoms with van der Waals surface area (Å²) in [6.45, 7) is -0.683. The number of anilines is 1. The van der Waals surface area contributed by atoms with E-state index in [-0.39, 0.29) is 35.2 Å². The van der Waals surface area contributed by atoms with Gasteiger partial charge in [0, 0.05) is 30.4 Å². The van der Waals surface area contributed by atoms with E-state index in [0.29, 0.717) is 16.9 Å². The first-order chi connectivity index (χ1) is 13.4. The minimum absolute atomic E-state index is 0.0316. The fourth-order valence-electron chi connectivity index (χ4n) is 2.31. The van der Waals surface area contributed by atoms with Gasteiger partial charge < -0.3 is 15.4 Å². The Bertz CT molecular complexity index is 878. The molecular weight excluding hydrogens is 394 g/mol. The molecular formula is C18H17ClF2N4O3. The van der Waals surface area contributed by atoms with Crippen LogP contribution in [0, 0.1) is 5.92 Å². The first kappa shape index (κ1) is 19.9. The molecule has 7 nitrogen and oxygen atoms in total. The summed E-state index contributed by atoms with van der Waals surface area (Å²) in [6.07, 6.45) is 1.92. The Labute approximate surface area is 164 Å². The molecule has 3 rings (SSSR count). The van der Waals surface area contributed by atoms with E-state index >= 15 is 0 Å². The van der Waals surface area contributed by atoms with E-state index in [1.54, 1.807) is 0 Å². The van der Waals surface area contributed by atoms with Crippen LogP contribution in [0.1, 0.15) is 28.8 Å². The smallest absolute Gasteiger partial charge is 0.272 e. The van der Waals surface area contributed by atoms with Crippen LogP contribution in [0.2, 0.25) is 5.02 Å². The van der Waals surface area contributed by atoms with Crippen LogP contribution in [0.25, 0.3) is 0 Å². The fraction of sp³-hybridized carbons (Fsp3) is 0.333. The van der Waals surface area contributed by atoms with Gasteiger partial charge in [-0.2, -0.15) is 0 Å². The summed E-state index contributed by atoms with van der Waals surface area (Å²) in [4.78, 5) is 32.0. The van der Waals surface area contributed by atoms with Crippen molar-refractivity contribution in [3.8, 4) is 5.88 Å². The minimum atomic E-state index is -2.63. The quantitative estimate of drug-likeness (QED) is 0.697. The molecule has 1 fully saturated rings. The zero-order valence-electron chi connectivity index (χ0n) is 14.6. The number of hydrogen-bond donors (Lipinski definition) is 2. The molecule has 0 saturated heterocycles. The van der Waals surface area contributed by atoms with Gasteiger partial charge >= 0.3 is 0 Å². The maximum absolute atomic E-state index is 12.3. The lowest BCUT2D eigenvalue weighted by atomic mass is 10.2. The van der Waals surface area contributed by atoms with Crippen LogP contribution < -0.4 is 15.4 Å². The second-order valence-electron chi connectivity index (χ2n) is 6.21. The first-order valence-corrected chi connectivity index (χ1v) is 8.90. The summed E-state index contributed by atoms with van der Waals surface area (Å²) in [5.74, 6) is -0.223. The van der Waals surface area contributed by atoms with Crippen molar-refractivity contribution in [3.05, 3.63) is 46.7 Å². The normalized spacial score (nSPS) is 13.3. The third-order valence-corrected chi connectivity index (χ3v) is 4.16. The van der Waals surface area contributed by atoms with Crippen molar-refractivity contribution >= 4 is 29.2 Å². The topological polar surface area (TPSA) is 93.2 Å². The van der Waals surface area contributed by atoms with Gasteiger partial charge in [-0.15, -0.1) is 0 Å². The van der Waals surface area contributed by atoms with Crippen LogP contribution in [-0.4, -0.2) is 34.8 Å². The highest BCUT2D eigenvalue weighted by atomic mass is 35.5. The molecule has 148 valence electrons. The van der Waals surface area contributed by atoms with Crippen LogP contribution in [0.5, 0.6) is 5.88 Å². The molecule has 0 radical (unpaired) electrons. The van der Waals surface area contributed by atoms with Crippen LogP contribution in [-0.2, 0) is 11.3 Å². The number of halogens is 3. The van der Waals surface area contributed by atoms with Gasteiger partial charge in [0.15, 0.2) is 6.61 Å². The molecule has 2 N–H and O–H groups in total. The monoisotopic (exact) mass is 410 g/mol. The summed E-state index contributed by atoms with van der Waals surface area (Å²) in [6, 6.07) is 4.49. The average molecular weight is 411 g/mol. The number of hydrogen-bond acceptors (Lipinski definition) is 5. The molecule has 2 aromatic heterocycles. The Kier molecular flexibility index (Phi) is 6.35. The number of nitrogens with zero attached hydrogens (tertiary/aromatic N) is 2. The zero-order valence-corrected chi connectivity index (χ0v) is 15.4. The molecule has 1 aliphatic carbocycles. The van der Waals surface area contributed by atoms with E-state index in [0.717, 1.165) is 12.8 Å². The molecule has 2 amide bonds. The minimum Gasteiger partial charge on any atom is -0.471 e. The van der Waals surface area contributed by atoms with Gasteiger partial charge in [0.25, 0.3) is 12.3 Å². The predicted molar refractivity (Wildman–Crippen MR) is 97.5 cm³/mol. The molecule has 2 aromatic rings. The molecule has 0 aromatic carbocycles. The largest absolute Gasteiger partial charge is 0.471 e. The maximum atomic E-state index is 12.3. The van der Waals surface area contributed by atoms with Crippen molar-refractivity contribution in [3.63, 3.8) is 0 Å². The van der Waals surface area contributed by atoms with Crippen molar-refractivity contribution in [2.45, 2.75) is 25.8 Å². The second kappa shape index (κ2) is 8.92. The molecule has 0 aliphatic heterocycles. The fourth-order valence-corrected chi connectivity index (χ4v) is 2.55. The molecule has 2 heterocycles. The lowest BCUT2D eigenvalue weighted by Crippen LogP contribution is -2.23. The van der Waals surface area contributed by atoms with Crippen LogP contribution in [0.4, 0.5) is 14.6 Å². The van der Waals surface area contributed by atoms with Gasteiger partial charge in [-0.3, -0.25) is 9.59 Å². The van der Waals surface area contributed by atoms with Gasteiger partial charge in [-0.25, -0.2) is 18.7 Å². The van der Waals surface area contributed by atoms with Gasteiger partial charge in [0.2, 0.25) is 11.8 Å². The van der Waals surface area contributed by atoms with Gasteiger partial charge in [0.05, 0.1) is 0 Å². The van der Waals surface area contributed by atoms with Crippen molar-refractivity contribution in [1.29, 1.82) is 0 Å². The lowest BCUT2D eigenvalue weighted by molar-refractivity contribution is -0.117. The summed E-state index contributed by atoms with van der Waals surface area (Å²) in [7, 11) is 0. The van der Waals surface area contributed by atoms with Gasteiger partial charge in [0.1, 0.15) is 10.8 Å². The number of alkyl halides is 2. The maximum Gasteiger partial charge on any atom is 0.272 e. The lowest BCUT2D eigenvalue weighted by Gasteiger charge is -2.09. The van der Waals surface area contributed by atoms with Crippen molar-refractivity contribution < 1.29 is 23.1 Å². The first-order valence-electron chi connectivity index (χ1n) is 8.53. The number of carbonyl (C=O) groups excluding carboxylic acids is 2. The zero-order chi connectivity index (χ0) is 20.1. The molecule has 0 unspecified atom stereocenters. The standard InChI is InChI=1S/C18H17ClF2N4O3/c19-13-5-10(8-24-18(13)28-9-14(20)21)7-23-16(26)12-3-4-22-15(6-12)25-17(27)11-1-2-11/h3-6,8,11,14H,1-2,7,9H2,(H,23,26)(H,22,25,27). The number of rotatable bonds is 8. The molecule has 10 heteroatoms. The summed E-state index contributed by atoms with van der Waals surface area (Å²) in [5.41, 5.74) is 0.899. The molecule has 1 saturated carbocycles. The number of ether oxygens (including phenoxy) is 1. The molecule has 0 atom stereocenters. The Morgan fingerprint density at radius 2 is 2.07 bits per heavy atom. The Morgan fingerprint density at radius 3 is 2.75 bits per heavy atom. The third kappa shape index (κ3) is 5.59. The van der Waals surface area contributed by atoms with E-state index < -0.39 is 13.0 Å². The average Bonchev–Trinajstić information content (AvgIpc) is 3.50. The van der Waals surface area contributed by atoms with Gasteiger partial charge in [-0.1, -0.05) is 11.6 Å². The SMILES string of the molecule is O=C(NCc1cnc(OCC(F)F)c(Cl)c1)c1ccnc(NC(=O)C2CC2)c1. The van der Waals surface area contributed by atoms with E-state index in [1.807, 2.05) is 0 Å². The van der Waals surface area contributed by atoms with Gasteiger partial charge in [-0.05, 0) is 36.6 Å². The Balaban J connectivity index is 1.56. The number of pyridine rings is 2. The van der Waals surface area contributed by atoms with Crippen molar-refractivity contribution in [2.75, 3.05) is 11.9 Å². The van der Waals surface area contributed by atoms with E-state index in [2.05, 4.69) is 20.6 Å². The van der Waals surface area contributed by atoms with E-state index in [4.69, 9.17) is 16.3 Å². The van der Waals surface area contributed by atoms with Crippen LogP contribution >= 0.6 is 11.6 Å². The van der Waals surface area contributed by atoms with E-state index in [9.17, 15) is 18.4 Å². The molecule has 0 spiro atoms. The second-order valence-corrected chi connectivity index (χ2v) is 6.62. The van der Waals surface area contributed by atoms with Crippen LogP contribution in [0.3, 0.4) is 0 Å². The number of amides is 2. The summed E-state index contributed by atoms with van der Waals surface area (Å²) < 4.78 is 29.1. The van der Waals surface area contributed by atoms with Crippen LogP contribution in [0.15, 0.2) is 30.6 Å². The highest BCUT2D eigenvalue weighted by Gasteiger charge is 2.29. The number of aromatic nitrogens is 2. The van der Waals surface area contributed by atoms with E-state index in [1.165, 1.54) is 30.6 Å². The molecule has 0 bridgehead atoms. The Morgan fingerprint density at radius 1 is 1.29 bits per heavy atom. The number of nitrogens with one attached hydrogen (secondary N) is 2. The summed E-state index contributed by atoms with van der Waals surface area (Å²) in [5, 5.41) is 5.44. The van der Waals surface area contributed by atoms with Crippen molar-refractivity contribution in [1.82, 2.24) is 15.3 Å². The highest BCUT2D eigenvalue weighted by molar-refractivity contribution is 6.31. The molecule has 1 aliphatic rings. The third-order valence-electron chi connectivity index (χ3n) is 3.88. The van der Waals surface area contributed by atoms with Crippen molar-refractivity contribution in [2.24, 2.45) is 5.92 Å². The number of carbonyl (C=O) groups is 2.